The molecule has 0 radical (unpaired) electrons. The van der Waals surface area contributed by atoms with Crippen molar-refractivity contribution >= 4 is 46.4 Å². The van der Waals surface area contributed by atoms with Crippen molar-refractivity contribution in [2.24, 2.45) is 0 Å². The highest BCUT2D eigenvalue weighted by Crippen LogP contribution is 2.32. The topological polar surface area (TPSA) is 57.6 Å². The molecule has 4 nitrogen and oxygen atoms in total. The fourth-order valence-electron chi connectivity index (χ4n) is 1.76. The Kier molecular flexibility index (Phi) is 7.34. The first-order chi connectivity index (χ1) is 9.40. The molecule has 0 saturated heterocycles. The predicted molar refractivity (Wildman–Crippen MR) is 81.8 cm³/mol. The van der Waals surface area contributed by atoms with E-state index < -0.39 is 5.97 Å². The number of amides is 1. The van der Waals surface area contributed by atoms with E-state index in [-0.39, 0.29) is 12.3 Å². The number of nitrogens with zero attached hydrogens (tertiary/aromatic N) is 1. The van der Waals surface area contributed by atoms with Gasteiger partial charge in [-0.15, -0.1) is 11.3 Å². The molecule has 1 aromatic rings. The summed E-state index contributed by atoms with van der Waals surface area (Å²) in [6.45, 7) is 0.468. The zero-order chi connectivity index (χ0) is 15.1. The largest absolute Gasteiger partial charge is 0.481 e. The molecule has 1 rings (SSSR count). The van der Waals surface area contributed by atoms with Crippen LogP contribution in [0.5, 0.6) is 0 Å². The summed E-state index contributed by atoms with van der Waals surface area (Å²) in [5.74, 6) is -0.817. The van der Waals surface area contributed by atoms with Gasteiger partial charge in [0.1, 0.15) is 0 Å². The van der Waals surface area contributed by atoms with E-state index in [1.165, 1.54) is 11.3 Å². The Balaban J connectivity index is 2.25. The number of halogens is 2. The summed E-state index contributed by atoms with van der Waals surface area (Å²) in [7, 11) is 1.69. The van der Waals surface area contributed by atoms with Crippen molar-refractivity contribution in [3.63, 3.8) is 0 Å². The van der Waals surface area contributed by atoms with Gasteiger partial charge in [-0.3, -0.25) is 9.59 Å². The Bertz CT molecular complexity index is 476. The summed E-state index contributed by atoms with van der Waals surface area (Å²) >= 11 is 13.2. The monoisotopic (exact) mass is 337 g/mol. The average Bonchev–Trinajstić information content (AvgIpc) is 2.67. The first-order valence-electron chi connectivity index (χ1n) is 6.29. The lowest BCUT2D eigenvalue weighted by Gasteiger charge is -2.16. The summed E-state index contributed by atoms with van der Waals surface area (Å²) in [6, 6.07) is 1.83. The molecule has 1 N–H and O–H groups in total. The van der Waals surface area contributed by atoms with Crippen LogP contribution >= 0.6 is 34.5 Å². The van der Waals surface area contributed by atoms with Crippen molar-refractivity contribution in [2.45, 2.75) is 32.1 Å². The second-order valence-electron chi connectivity index (χ2n) is 4.52. The van der Waals surface area contributed by atoms with Gasteiger partial charge in [0, 0.05) is 26.4 Å². The fourth-order valence-corrected chi connectivity index (χ4v) is 3.30. The van der Waals surface area contributed by atoms with Crippen molar-refractivity contribution in [1.82, 2.24) is 4.90 Å². The van der Waals surface area contributed by atoms with E-state index in [1.54, 1.807) is 11.9 Å². The van der Waals surface area contributed by atoms with Crippen molar-refractivity contribution < 1.29 is 14.7 Å². The first kappa shape index (κ1) is 17.3. The number of hydrogen-bond donors (Lipinski definition) is 1. The van der Waals surface area contributed by atoms with E-state index in [2.05, 4.69) is 0 Å². The summed E-state index contributed by atoms with van der Waals surface area (Å²) in [6.07, 6.45) is 2.41. The highest BCUT2D eigenvalue weighted by Gasteiger charge is 2.11. The molecule has 20 heavy (non-hydrogen) atoms. The standard InChI is InChI=1S/C13H17Cl2NO3S/c1-16(7-3-6-12(18)19)11(17)5-2-4-9-8-10(14)20-13(9)15/h8H,2-7H2,1H3,(H,18,19). The number of thiophene rings is 1. The molecular weight excluding hydrogens is 321 g/mol. The van der Waals surface area contributed by atoms with Gasteiger partial charge in [0.2, 0.25) is 5.91 Å². The van der Waals surface area contributed by atoms with Gasteiger partial charge >= 0.3 is 5.97 Å². The van der Waals surface area contributed by atoms with Crippen molar-refractivity contribution in [3.8, 4) is 0 Å². The maximum absolute atomic E-state index is 11.8. The number of rotatable bonds is 8. The van der Waals surface area contributed by atoms with E-state index in [4.69, 9.17) is 28.3 Å². The maximum atomic E-state index is 11.8. The fraction of sp³-hybridized carbons (Fsp3) is 0.538. The Labute approximate surface area is 132 Å². The average molecular weight is 338 g/mol. The number of carboxylic acids is 1. The van der Waals surface area contributed by atoms with Crippen molar-refractivity contribution in [3.05, 3.63) is 20.3 Å². The SMILES string of the molecule is CN(CCCC(=O)O)C(=O)CCCc1cc(Cl)sc1Cl. The van der Waals surface area contributed by atoms with Gasteiger partial charge in [0.15, 0.2) is 0 Å². The quantitative estimate of drug-likeness (QED) is 0.786. The Morgan fingerprint density at radius 1 is 1.30 bits per heavy atom. The predicted octanol–water partition coefficient (Wildman–Crippen LogP) is 3.70. The zero-order valence-corrected chi connectivity index (χ0v) is 13.5. The maximum Gasteiger partial charge on any atom is 0.303 e. The third kappa shape index (κ3) is 6.11. The molecule has 0 aliphatic carbocycles. The molecule has 0 aliphatic heterocycles. The molecule has 0 aromatic carbocycles. The minimum Gasteiger partial charge on any atom is -0.481 e. The zero-order valence-electron chi connectivity index (χ0n) is 11.2. The first-order valence-corrected chi connectivity index (χ1v) is 7.87. The number of carbonyl (C=O) groups is 2. The van der Waals surface area contributed by atoms with Gasteiger partial charge in [-0.1, -0.05) is 23.2 Å². The smallest absolute Gasteiger partial charge is 0.303 e. The lowest BCUT2D eigenvalue weighted by Crippen LogP contribution is -2.27. The van der Waals surface area contributed by atoms with Gasteiger partial charge in [-0.05, 0) is 30.9 Å². The van der Waals surface area contributed by atoms with E-state index in [1.807, 2.05) is 6.07 Å². The van der Waals surface area contributed by atoms with Crippen LogP contribution in [-0.4, -0.2) is 35.5 Å². The third-order valence-electron chi connectivity index (χ3n) is 2.87. The highest BCUT2D eigenvalue weighted by atomic mass is 35.5. The second-order valence-corrected chi connectivity index (χ2v) is 6.80. The van der Waals surface area contributed by atoms with Gasteiger partial charge in [-0.2, -0.15) is 0 Å². The van der Waals surface area contributed by atoms with Crippen LogP contribution in [0, 0.1) is 0 Å². The van der Waals surface area contributed by atoms with Gasteiger partial charge in [-0.25, -0.2) is 0 Å². The van der Waals surface area contributed by atoms with E-state index in [9.17, 15) is 9.59 Å². The lowest BCUT2D eigenvalue weighted by atomic mass is 10.1. The van der Waals surface area contributed by atoms with Crippen LogP contribution in [0.15, 0.2) is 6.07 Å². The molecule has 7 heteroatoms. The summed E-state index contributed by atoms with van der Waals surface area (Å²) in [5, 5.41) is 8.53. The lowest BCUT2D eigenvalue weighted by molar-refractivity contribution is -0.138. The van der Waals surface area contributed by atoms with Crippen LogP contribution in [-0.2, 0) is 16.0 Å². The molecule has 0 unspecified atom stereocenters. The summed E-state index contributed by atoms with van der Waals surface area (Å²) in [4.78, 5) is 23.8. The Morgan fingerprint density at radius 3 is 2.55 bits per heavy atom. The normalized spacial score (nSPS) is 10.6. The summed E-state index contributed by atoms with van der Waals surface area (Å²) in [5.41, 5.74) is 0.975. The Morgan fingerprint density at radius 2 is 2.00 bits per heavy atom. The molecule has 1 aromatic heterocycles. The molecule has 0 fully saturated rings. The molecule has 112 valence electrons. The van der Waals surface area contributed by atoms with Crippen LogP contribution in [0.4, 0.5) is 0 Å². The molecule has 0 bridgehead atoms. The van der Waals surface area contributed by atoms with Crippen LogP contribution < -0.4 is 0 Å². The minimum absolute atomic E-state index is 0.0211. The molecule has 0 aliphatic rings. The van der Waals surface area contributed by atoms with E-state index >= 15 is 0 Å². The number of aryl methyl sites for hydroxylation is 1. The van der Waals surface area contributed by atoms with Crippen LogP contribution in [0.2, 0.25) is 8.67 Å². The van der Waals surface area contributed by atoms with Crippen molar-refractivity contribution in [2.75, 3.05) is 13.6 Å². The number of carboxylic acid groups (broad SMARTS) is 1. The van der Waals surface area contributed by atoms with E-state index in [0.717, 1.165) is 12.0 Å². The van der Waals surface area contributed by atoms with Crippen molar-refractivity contribution in [1.29, 1.82) is 0 Å². The van der Waals surface area contributed by atoms with Gasteiger partial charge in [0.05, 0.1) is 8.67 Å². The number of aliphatic carboxylic acids is 1. The van der Waals surface area contributed by atoms with Gasteiger partial charge in [0.25, 0.3) is 0 Å². The highest BCUT2D eigenvalue weighted by molar-refractivity contribution is 7.20. The van der Waals surface area contributed by atoms with Crippen LogP contribution in [0.25, 0.3) is 0 Å². The summed E-state index contributed by atoms with van der Waals surface area (Å²) < 4.78 is 1.33. The molecule has 1 heterocycles. The van der Waals surface area contributed by atoms with Crippen LogP contribution in [0.3, 0.4) is 0 Å². The molecule has 0 atom stereocenters. The minimum atomic E-state index is -0.838. The molecule has 0 saturated carbocycles. The number of hydrogen-bond acceptors (Lipinski definition) is 3. The second kappa shape index (κ2) is 8.49. The van der Waals surface area contributed by atoms with E-state index in [0.29, 0.717) is 34.5 Å². The third-order valence-corrected chi connectivity index (χ3v) is 4.44. The molecule has 0 spiro atoms. The van der Waals surface area contributed by atoms with Crippen LogP contribution in [0.1, 0.15) is 31.2 Å². The van der Waals surface area contributed by atoms with Gasteiger partial charge < -0.3 is 10.0 Å². The molecular formula is C13H17Cl2NO3S. The Hall–Kier alpha value is -0.780. The number of carbonyl (C=O) groups excluding carboxylic acids is 1. The molecule has 1 amide bonds.